The van der Waals surface area contributed by atoms with Gasteiger partial charge in [-0.1, -0.05) is 23.8 Å². The molecule has 2 rings (SSSR count). The summed E-state index contributed by atoms with van der Waals surface area (Å²) in [6.07, 6.45) is 1.92. The van der Waals surface area contributed by atoms with Crippen molar-refractivity contribution in [1.29, 1.82) is 0 Å². The van der Waals surface area contributed by atoms with E-state index in [-0.39, 0.29) is 0 Å². The van der Waals surface area contributed by atoms with E-state index in [1.807, 2.05) is 11.7 Å². The molecule has 0 aliphatic heterocycles. The smallest absolute Gasteiger partial charge is 0.0794 e. The Hall–Kier alpha value is -1.19. The van der Waals surface area contributed by atoms with Crippen LogP contribution in [0.3, 0.4) is 0 Å². The molecule has 3 heteroatoms. The molecule has 0 radical (unpaired) electrons. The highest BCUT2D eigenvalue weighted by atomic mass is 32.1. The molecule has 2 aromatic rings. The number of hydrogen-bond donors (Lipinski definition) is 1. The van der Waals surface area contributed by atoms with Crippen molar-refractivity contribution < 1.29 is 0 Å². The van der Waals surface area contributed by atoms with Crippen LogP contribution in [0.4, 0.5) is 0 Å². The first-order chi connectivity index (χ1) is 7.75. The maximum Gasteiger partial charge on any atom is 0.0794 e. The zero-order valence-corrected chi connectivity index (χ0v) is 10.5. The van der Waals surface area contributed by atoms with Gasteiger partial charge in [-0.3, -0.25) is 4.98 Å². The van der Waals surface area contributed by atoms with Gasteiger partial charge in [0.2, 0.25) is 0 Å². The Bertz CT molecular complexity index is 449. The van der Waals surface area contributed by atoms with Crippen LogP contribution in [-0.4, -0.2) is 4.98 Å². The Balaban J connectivity index is 1.90. The maximum atomic E-state index is 4.06. The van der Waals surface area contributed by atoms with E-state index in [4.69, 9.17) is 0 Å². The van der Waals surface area contributed by atoms with Gasteiger partial charge >= 0.3 is 0 Å². The molecule has 1 N–H and O–H groups in total. The van der Waals surface area contributed by atoms with Crippen molar-refractivity contribution in [3.8, 4) is 0 Å². The number of hydrogen-bond acceptors (Lipinski definition) is 3. The van der Waals surface area contributed by atoms with Crippen LogP contribution in [0.25, 0.3) is 0 Å². The topological polar surface area (TPSA) is 24.9 Å². The lowest BCUT2D eigenvalue weighted by Gasteiger charge is -2.07. The second-order valence-corrected chi connectivity index (χ2v) is 4.97. The zero-order chi connectivity index (χ0) is 11.4. The van der Waals surface area contributed by atoms with Crippen molar-refractivity contribution >= 4 is 11.3 Å². The zero-order valence-electron chi connectivity index (χ0n) is 9.66. The minimum atomic E-state index is 0.901. The summed E-state index contributed by atoms with van der Waals surface area (Å²) in [5.74, 6) is 0. The second-order valence-electron chi connectivity index (χ2n) is 4.00. The summed E-state index contributed by atoms with van der Waals surface area (Å²) in [5.41, 5.74) is 5.92. The van der Waals surface area contributed by atoms with Crippen molar-refractivity contribution in [2.75, 3.05) is 0 Å². The SMILES string of the molecule is Cc1ccc(CNCc2cncs2)c(C)c1. The summed E-state index contributed by atoms with van der Waals surface area (Å²) in [4.78, 5) is 5.34. The molecule has 0 amide bonds. The average Bonchev–Trinajstić information content (AvgIpc) is 2.74. The van der Waals surface area contributed by atoms with Gasteiger partial charge in [0.1, 0.15) is 0 Å². The third-order valence-electron chi connectivity index (χ3n) is 2.60. The van der Waals surface area contributed by atoms with Gasteiger partial charge < -0.3 is 5.32 Å². The molecule has 16 heavy (non-hydrogen) atoms. The van der Waals surface area contributed by atoms with E-state index in [0.717, 1.165) is 13.1 Å². The van der Waals surface area contributed by atoms with E-state index in [1.165, 1.54) is 21.6 Å². The van der Waals surface area contributed by atoms with E-state index < -0.39 is 0 Å². The first-order valence-corrected chi connectivity index (χ1v) is 6.28. The summed E-state index contributed by atoms with van der Waals surface area (Å²) in [5, 5.41) is 3.43. The molecule has 0 bridgehead atoms. The van der Waals surface area contributed by atoms with E-state index in [2.05, 4.69) is 42.3 Å². The summed E-state index contributed by atoms with van der Waals surface area (Å²) >= 11 is 1.69. The van der Waals surface area contributed by atoms with Crippen LogP contribution in [0.15, 0.2) is 29.9 Å². The van der Waals surface area contributed by atoms with Crippen molar-refractivity contribution in [2.24, 2.45) is 0 Å². The minimum Gasteiger partial charge on any atom is -0.308 e. The lowest BCUT2D eigenvalue weighted by Crippen LogP contribution is -2.12. The highest BCUT2D eigenvalue weighted by Gasteiger charge is 1.99. The Morgan fingerprint density at radius 3 is 2.81 bits per heavy atom. The minimum absolute atomic E-state index is 0.901. The molecule has 0 fully saturated rings. The molecule has 0 unspecified atom stereocenters. The number of nitrogens with one attached hydrogen (secondary N) is 1. The van der Waals surface area contributed by atoms with E-state index in [0.29, 0.717) is 0 Å². The lowest BCUT2D eigenvalue weighted by molar-refractivity contribution is 0.697. The first kappa shape index (κ1) is 11.3. The molecule has 1 aromatic heterocycles. The van der Waals surface area contributed by atoms with Crippen molar-refractivity contribution in [3.63, 3.8) is 0 Å². The quantitative estimate of drug-likeness (QED) is 0.876. The fourth-order valence-corrected chi connectivity index (χ4v) is 2.26. The van der Waals surface area contributed by atoms with Gasteiger partial charge in [-0.15, -0.1) is 11.3 Å². The fourth-order valence-electron chi connectivity index (χ4n) is 1.69. The van der Waals surface area contributed by atoms with Gasteiger partial charge in [-0.2, -0.15) is 0 Å². The molecule has 0 aliphatic rings. The van der Waals surface area contributed by atoms with Crippen LogP contribution in [-0.2, 0) is 13.1 Å². The molecule has 0 spiro atoms. The Labute approximate surface area is 100 Å². The Morgan fingerprint density at radius 1 is 1.25 bits per heavy atom. The van der Waals surface area contributed by atoms with Gasteiger partial charge in [-0.25, -0.2) is 0 Å². The van der Waals surface area contributed by atoms with Gasteiger partial charge in [0.05, 0.1) is 5.51 Å². The normalized spacial score (nSPS) is 10.6. The third-order valence-corrected chi connectivity index (χ3v) is 3.38. The molecule has 1 aromatic carbocycles. The molecule has 0 saturated carbocycles. The second kappa shape index (κ2) is 5.23. The molecule has 0 saturated heterocycles. The van der Waals surface area contributed by atoms with Crippen LogP contribution in [0.2, 0.25) is 0 Å². The summed E-state index contributed by atoms with van der Waals surface area (Å²) in [7, 11) is 0. The molecular formula is C13H16N2S. The highest BCUT2D eigenvalue weighted by molar-refractivity contribution is 7.09. The number of thiazole rings is 1. The van der Waals surface area contributed by atoms with Gasteiger partial charge in [0.15, 0.2) is 0 Å². The van der Waals surface area contributed by atoms with Crippen LogP contribution >= 0.6 is 11.3 Å². The van der Waals surface area contributed by atoms with Gasteiger partial charge in [0, 0.05) is 24.2 Å². The molecule has 0 aliphatic carbocycles. The monoisotopic (exact) mass is 232 g/mol. The predicted molar refractivity (Wildman–Crippen MR) is 68.6 cm³/mol. The van der Waals surface area contributed by atoms with Crippen molar-refractivity contribution in [1.82, 2.24) is 10.3 Å². The number of rotatable bonds is 4. The largest absolute Gasteiger partial charge is 0.308 e. The molecule has 0 atom stereocenters. The van der Waals surface area contributed by atoms with Crippen molar-refractivity contribution in [3.05, 3.63) is 51.5 Å². The summed E-state index contributed by atoms with van der Waals surface area (Å²) < 4.78 is 0. The predicted octanol–water partition coefficient (Wildman–Crippen LogP) is 3.05. The van der Waals surface area contributed by atoms with Crippen LogP contribution in [0, 0.1) is 13.8 Å². The first-order valence-electron chi connectivity index (χ1n) is 5.40. The highest BCUT2D eigenvalue weighted by Crippen LogP contribution is 2.11. The Morgan fingerprint density at radius 2 is 2.12 bits per heavy atom. The summed E-state index contributed by atoms with van der Waals surface area (Å²) in [6.45, 7) is 6.11. The molecule has 84 valence electrons. The number of aryl methyl sites for hydroxylation is 2. The standard InChI is InChI=1S/C13H16N2S/c1-10-3-4-12(11(2)5-10)6-14-7-13-8-15-9-16-13/h3-5,8-9,14H,6-7H2,1-2H3. The number of aromatic nitrogens is 1. The van der Waals surface area contributed by atoms with Gasteiger partial charge in [0.25, 0.3) is 0 Å². The number of nitrogens with zero attached hydrogens (tertiary/aromatic N) is 1. The van der Waals surface area contributed by atoms with E-state index in [1.54, 1.807) is 11.3 Å². The fraction of sp³-hybridized carbons (Fsp3) is 0.308. The molecular weight excluding hydrogens is 216 g/mol. The van der Waals surface area contributed by atoms with E-state index >= 15 is 0 Å². The summed E-state index contributed by atoms with van der Waals surface area (Å²) in [6, 6.07) is 6.59. The van der Waals surface area contributed by atoms with Crippen LogP contribution in [0.5, 0.6) is 0 Å². The van der Waals surface area contributed by atoms with Crippen molar-refractivity contribution in [2.45, 2.75) is 26.9 Å². The van der Waals surface area contributed by atoms with Crippen LogP contribution < -0.4 is 5.32 Å². The Kier molecular flexibility index (Phi) is 3.70. The average molecular weight is 232 g/mol. The number of benzene rings is 1. The van der Waals surface area contributed by atoms with E-state index in [9.17, 15) is 0 Å². The molecule has 1 heterocycles. The van der Waals surface area contributed by atoms with Crippen LogP contribution in [0.1, 0.15) is 21.6 Å². The maximum absolute atomic E-state index is 4.06. The molecule has 2 nitrogen and oxygen atoms in total. The van der Waals surface area contributed by atoms with Gasteiger partial charge in [-0.05, 0) is 25.0 Å². The third kappa shape index (κ3) is 2.90. The lowest BCUT2D eigenvalue weighted by atomic mass is 10.1.